The number of Topliss-reactive ketones (excluding diaryl/α,β-unsaturated/α-hetero) is 1. The maximum atomic E-state index is 12.7. The molecule has 0 unspecified atom stereocenters. The van der Waals surface area contributed by atoms with Crippen molar-refractivity contribution in [1.29, 1.82) is 0 Å². The third-order valence-corrected chi connectivity index (χ3v) is 1.52. The van der Waals surface area contributed by atoms with E-state index in [4.69, 9.17) is 0 Å². The summed E-state index contributed by atoms with van der Waals surface area (Å²) in [6, 6.07) is 3.53. The van der Waals surface area contributed by atoms with Crippen molar-refractivity contribution in [1.82, 2.24) is 0 Å². The molecular weight excluding hydrogens is 162 g/mol. The van der Waals surface area contributed by atoms with E-state index in [1.807, 2.05) is 0 Å². The largest absolute Gasteiger partial charge is 0.295 e. The van der Waals surface area contributed by atoms with E-state index in [0.29, 0.717) is 0 Å². The summed E-state index contributed by atoms with van der Waals surface area (Å²) in [5, 5.41) is 0. The fourth-order valence-electron chi connectivity index (χ4n) is 0.931. The van der Waals surface area contributed by atoms with E-state index in [1.165, 1.54) is 13.0 Å². The van der Waals surface area contributed by atoms with Gasteiger partial charge in [-0.05, 0) is 30.7 Å². The summed E-state index contributed by atoms with van der Waals surface area (Å²) in [4.78, 5) is 10.8. The molecule has 0 aliphatic heterocycles. The van der Waals surface area contributed by atoms with Crippen molar-refractivity contribution < 1.29 is 13.6 Å². The van der Waals surface area contributed by atoms with Crippen LogP contribution in [0.5, 0.6) is 0 Å². The molecule has 0 aliphatic carbocycles. The van der Waals surface area contributed by atoms with Crippen LogP contribution in [0.25, 0.3) is 0 Å². The highest BCUT2D eigenvalue weighted by Gasteiger charge is 2.03. The van der Waals surface area contributed by atoms with Gasteiger partial charge >= 0.3 is 0 Å². The van der Waals surface area contributed by atoms with Gasteiger partial charge in [0.15, 0.2) is 5.78 Å². The van der Waals surface area contributed by atoms with Crippen molar-refractivity contribution in [2.45, 2.75) is 13.6 Å². The first-order valence-electron chi connectivity index (χ1n) is 3.50. The van der Waals surface area contributed by atoms with Crippen LogP contribution in [0.2, 0.25) is 0 Å². The molecular formula is C9H8F2O. The lowest BCUT2D eigenvalue weighted by Gasteiger charge is -1.98. The molecule has 3 heteroatoms. The summed E-state index contributed by atoms with van der Waals surface area (Å²) in [7, 11) is 0. The number of rotatable bonds is 2. The molecule has 12 heavy (non-hydrogen) atoms. The number of carbonyl (C=O) groups excluding carboxylic acids is 1. The average Bonchev–Trinajstić information content (AvgIpc) is 2.03. The zero-order valence-electron chi connectivity index (χ0n) is 6.60. The molecule has 0 saturated heterocycles. The van der Waals surface area contributed by atoms with E-state index in [-0.39, 0.29) is 16.9 Å². The van der Waals surface area contributed by atoms with Crippen LogP contribution in [0.1, 0.15) is 22.8 Å². The second-order valence-electron chi connectivity index (χ2n) is 2.54. The van der Waals surface area contributed by atoms with Gasteiger partial charge in [-0.3, -0.25) is 4.79 Å². The van der Waals surface area contributed by atoms with Gasteiger partial charge < -0.3 is 0 Å². The molecule has 64 valence electrons. The van der Waals surface area contributed by atoms with Crippen LogP contribution in [0.15, 0.2) is 18.2 Å². The molecule has 1 rings (SSSR count). The predicted octanol–water partition coefficient (Wildman–Crippen LogP) is 2.50. The third-order valence-electron chi connectivity index (χ3n) is 1.52. The van der Waals surface area contributed by atoms with Gasteiger partial charge in [0.2, 0.25) is 0 Å². The Morgan fingerprint density at radius 1 is 1.42 bits per heavy atom. The van der Waals surface area contributed by atoms with Crippen molar-refractivity contribution in [3.63, 3.8) is 0 Å². The number of alkyl halides is 1. The lowest BCUT2D eigenvalue weighted by molar-refractivity contribution is 0.101. The van der Waals surface area contributed by atoms with Crippen LogP contribution in [-0.2, 0) is 6.67 Å². The highest BCUT2D eigenvalue weighted by atomic mass is 19.1. The minimum atomic E-state index is -0.752. The second kappa shape index (κ2) is 3.43. The first-order valence-corrected chi connectivity index (χ1v) is 3.50. The zero-order valence-corrected chi connectivity index (χ0v) is 6.60. The quantitative estimate of drug-likeness (QED) is 0.623. The predicted molar refractivity (Wildman–Crippen MR) is 41.2 cm³/mol. The van der Waals surface area contributed by atoms with Crippen molar-refractivity contribution in [2.75, 3.05) is 0 Å². The van der Waals surface area contributed by atoms with Crippen molar-refractivity contribution in [3.05, 3.63) is 35.1 Å². The fraction of sp³-hybridized carbons (Fsp3) is 0.222. The highest BCUT2D eigenvalue weighted by Crippen LogP contribution is 2.10. The highest BCUT2D eigenvalue weighted by molar-refractivity contribution is 5.94. The van der Waals surface area contributed by atoms with Crippen molar-refractivity contribution >= 4 is 5.78 Å². The van der Waals surface area contributed by atoms with Crippen LogP contribution < -0.4 is 0 Å². The van der Waals surface area contributed by atoms with Crippen LogP contribution in [0.4, 0.5) is 8.78 Å². The number of hydrogen-bond donors (Lipinski definition) is 0. The molecule has 0 spiro atoms. The molecule has 0 saturated carbocycles. The molecule has 0 amide bonds. The monoisotopic (exact) mass is 170 g/mol. The van der Waals surface area contributed by atoms with Crippen LogP contribution in [0, 0.1) is 5.82 Å². The number of benzene rings is 1. The Bertz CT molecular complexity index is 307. The van der Waals surface area contributed by atoms with Crippen molar-refractivity contribution in [3.8, 4) is 0 Å². The van der Waals surface area contributed by atoms with E-state index >= 15 is 0 Å². The zero-order chi connectivity index (χ0) is 9.14. The molecule has 0 aliphatic rings. The lowest BCUT2D eigenvalue weighted by Crippen LogP contribution is -1.95. The fourth-order valence-corrected chi connectivity index (χ4v) is 0.931. The van der Waals surface area contributed by atoms with Crippen LogP contribution in [0.3, 0.4) is 0 Å². The van der Waals surface area contributed by atoms with Gasteiger partial charge in [0.05, 0.1) is 0 Å². The SMILES string of the molecule is CC(=O)c1cc(F)cc(CF)c1. The summed E-state index contributed by atoms with van der Waals surface area (Å²) < 4.78 is 24.7. The third kappa shape index (κ3) is 1.87. The molecule has 0 aromatic heterocycles. The van der Waals surface area contributed by atoms with Gasteiger partial charge in [-0.2, -0.15) is 0 Å². The lowest BCUT2D eigenvalue weighted by atomic mass is 10.1. The first kappa shape index (κ1) is 8.84. The molecule has 1 aromatic rings. The molecule has 0 fully saturated rings. The van der Waals surface area contributed by atoms with E-state index in [9.17, 15) is 13.6 Å². The van der Waals surface area contributed by atoms with Gasteiger partial charge in [0, 0.05) is 5.56 Å². The second-order valence-corrected chi connectivity index (χ2v) is 2.54. The van der Waals surface area contributed by atoms with E-state index < -0.39 is 12.5 Å². The number of hydrogen-bond acceptors (Lipinski definition) is 1. The van der Waals surface area contributed by atoms with Gasteiger partial charge in [0.25, 0.3) is 0 Å². The summed E-state index contributed by atoms with van der Waals surface area (Å²) in [5.74, 6) is -0.834. The van der Waals surface area contributed by atoms with Crippen LogP contribution in [-0.4, -0.2) is 5.78 Å². The Balaban J connectivity index is 3.15. The summed E-state index contributed by atoms with van der Waals surface area (Å²) in [6.45, 7) is 0.564. The number of halogens is 2. The van der Waals surface area contributed by atoms with E-state index in [1.54, 1.807) is 0 Å². The first-order chi connectivity index (χ1) is 5.63. The van der Waals surface area contributed by atoms with Gasteiger partial charge in [-0.1, -0.05) is 0 Å². The molecule has 0 atom stereocenters. The molecule has 0 bridgehead atoms. The van der Waals surface area contributed by atoms with Gasteiger partial charge in [-0.25, -0.2) is 8.78 Å². The smallest absolute Gasteiger partial charge is 0.159 e. The normalized spacial score (nSPS) is 9.92. The topological polar surface area (TPSA) is 17.1 Å². The minimum Gasteiger partial charge on any atom is -0.295 e. The molecule has 1 aromatic carbocycles. The molecule has 0 radical (unpaired) electrons. The Morgan fingerprint density at radius 3 is 2.58 bits per heavy atom. The maximum absolute atomic E-state index is 12.7. The Morgan fingerprint density at radius 2 is 2.08 bits per heavy atom. The Labute approximate surface area is 69.0 Å². The number of ketones is 1. The maximum Gasteiger partial charge on any atom is 0.159 e. The van der Waals surface area contributed by atoms with Crippen molar-refractivity contribution in [2.24, 2.45) is 0 Å². The Hall–Kier alpha value is -1.25. The molecule has 1 nitrogen and oxygen atoms in total. The summed E-state index contributed by atoms with van der Waals surface area (Å²) in [5.41, 5.74) is 0.405. The molecule has 0 heterocycles. The van der Waals surface area contributed by atoms with Crippen LogP contribution >= 0.6 is 0 Å². The van der Waals surface area contributed by atoms with E-state index in [0.717, 1.165) is 12.1 Å². The molecule has 0 N–H and O–H groups in total. The van der Waals surface area contributed by atoms with Gasteiger partial charge in [0.1, 0.15) is 12.5 Å². The number of carbonyl (C=O) groups is 1. The summed E-state index contributed by atoms with van der Waals surface area (Å²) in [6.07, 6.45) is 0. The Kier molecular flexibility index (Phi) is 2.53. The van der Waals surface area contributed by atoms with E-state index in [2.05, 4.69) is 0 Å². The van der Waals surface area contributed by atoms with Gasteiger partial charge in [-0.15, -0.1) is 0 Å². The summed E-state index contributed by atoms with van der Waals surface area (Å²) >= 11 is 0. The minimum absolute atomic E-state index is 0.195. The standard InChI is InChI=1S/C9H8F2O/c1-6(12)8-2-7(5-10)3-9(11)4-8/h2-4H,5H2,1H3. The average molecular weight is 170 g/mol.